The van der Waals surface area contributed by atoms with E-state index < -0.39 is 10.0 Å². The highest BCUT2D eigenvalue weighted by atomic mass is 32.2. The molecule has 0 aliphatic carbocycles. The van der Waals surface area contributed by atoms with Crippen LogP contribution in [-0.4, -0.2) is 31.4 Å². The molecule has 1 aromatic carbocycles. The zero-order valence-electron chi connectivity index (χ0n) is 12.2. The summed E-state index contributed by atoms with van der Waals surface area (Å²) >= 11 is 0. The summed E-state index contributed by atoms with van der Waals surface area (Å²) in [5, 5.41) is 8.90. The lowest BCUT2D eigenvalue weighted by molar-refractivity contribution is 0.195. The van der Waals surface area contributed by atoms with Gasteiger partial charge in [0.15, 0.2) is 0 Å². The number of nitriles is 1. The second-order valence-corrected chi connectivity index (χ2v) is 7.44. The summed E-state index contributed by atoms with van der Waals surface area (Å²) in [6.07, 6.45) is 2.70. The molecule has 1 fully saturated rings. The van der Waals surface area contributed by atoms with Crippen LogP contribution in [0, 0.1) is 11.3 Å². The number of piperidine rings is 1. The number of nitrogens with two attached hydrogens (primary N) is 1. The summed E-state index contributed by atoms with van der Waals surface area (Å²) in [5.74, 6) is -0.0800. The van der Waals surface area contributed by atoms with Gasteiger partial charge in [-0.25, -0.2) is 8.42 Å². The lowest BCUT2D eigenvalue weighted by Gasteiger charge is -2.39. The lowest BCUT2D eigenvalue weighted by Crippen LogP contribution is -2.52. The smallest absolute Gasteiger partial charge is 0.218 e. The third-order valence-electron chi connectivity index (χ3n) is 3.95. The van der Waals surface area contributed by atoms with Crippen LogP contribution in [0.15, 0.2) is 24.3 Å². The SMILES string of the molecule is CC1CCCC(CN)N1S(=O)(=O)Cc1cccc(C#N)c1. The van der Waals surface area contributed by atoms with Crippen LogP contribution in [0.1, 0.15) is 37.3 Å². The fourth-order valence-electron chi connectivity index (χ4n) is 3.00. The van der Waals surface area contributed by atoms with E-state index in [0.29, 0.717) is 17.7 Å². The zero-order valence-corrected chi connectivity index (χ0v) is 13.0. The molecule has 0 radical (unpaired) electrons. The first kappa shape index (κ1) is 16.0. The molecular formula is C15H21N3O2S. The predicted octanol–water partition coefficient (Wildman–Crippen LogP) is 1.59. The minimum absolute atomic E-state index is 0.0172. The van der Waals surface area contributed by atoms with E-state index in [-0.39, 0.29) is 17.8 Å². The van der Waals surface area contributed by atoms with Crippen molar-refractivity contribution in [1.82, 2.24) is 4.31 Å². The maximum Gasteiger partial charge on any atom is 0.218 e. The van der Waals surface area contributed by atoms with Gasteiger partial charge >= 0.3 is 0 Å². The van der Waals surface area contributed by atoms with Crippen LogP contribution in [0.3, 0.4) is 0 Å². The van der Waals surface area contributed by atoms with E-state index in [9.17, 15) is 8.42 Å². The first-order valence-electron chi connectivity index (χ1n) is 7.18. The molecule has 21 heavy (non-hydrogen) atoms. The first-order chi connectivity index (χ1) is 9.97. The van der Waals surface area contributed by atoms with Crippen molar-refractivity contribution in [1.29, 1.82) is 5.26 Å². The van der Waals surface area contributed by atoms with Crippen molar-refractivity contribution in [3.05, 3.63) is 35.4 Å². The van der Waals surface area contributed by atoms with Gasteiger partial charge in [0, 0.05) is 18.6 Å². The quantitative estimate of drug-likeness (QED) is 0.915. The number of hydrogen-bond acceptors (Lipinski definition) is 4. The van der Waals surface area contributed by atoms with Crippen LogP contribution < -0.4 is 5.73 Å². The fraction of sp³-hybridized carbons (Fsp3) is 0.533. The van der Waals surface area contributed by atoms with Crippen molar-refractivity contribution >= 4 is 10.0 Å². The molecule has 0 aromatic heterocycles. The second kappa shape index (κ2) is 6.56. The van der Waals surface area contributed by atoms with Crippen LogP contribution in [0.2, 0.25) is 0 Å². The maximum absolute atomic E-state index is 12.7. The van der Waals surface area contributed by atoms with Crippen molar-refractivity contribution in [3.63, 3.8) is 0 Å². The van der Waals surface area contributed by atoms with Crippen LogP contribution in [0.5, 0.6) is 0 Å². The van der Waals surface area contributed by atoms with Crippen molar-refractivity contribution in [2.45, 2.75) is 44.0 Å². The van der Waals surface area contributed by atoms with Gasteiger partial charge in [0.1, 0.15) is 0 Å². The Bertz CT molecular complexity index is 637. The summed E-state index contributed by atoms with van der Waals surface area (Å²) in [4.78, 5) is 0. The molecule has 1 aliphatic heterocycles. The van der Waals surface area contributed by atoms with Gasteiger partial charge in [-0.2, -0.15) is 9.57 Å². The van der Waals surface area contributed by atoms with E-state index in [1.54, 1.807) is 28.6 Å². The number of hydrogen-bond donors (Lipinski definition) is 1. The monoisotopic (exact) mass is 307 g/mol. The molecule has 0 saturated carbocycles. The first-order valence-corrected chi connectivity index (χ1v) is 8.79. The molecular weight excluding hydrogens is 286 g/mol. The minimum Gasteiger partial charge on any atom is -0.329 e. The largest absolute Gasteiger partial charge is 0.329 e. The lowest BCUT2D eigenvalue weighted by atomic mass is 10.00. The molecule has 0 amide bonds. The number of benzene rings is 1. The molecule has 2 rings (SSSR count). The molecule has 6 heteroatoms. The summed E-state index contributed by atoms with van der Waals surface area (Å²) < 4.78 is 27.0. The summed E-state index contributed by atoms with van der Waals surface area (Å²) in [7, 11) is -3.43. The van der Waals surface area contributed by atoms with Crippen LogP contribution >= 0.6 is 0 Å². The molecule has 2 N–H and O–H groups in total. The Labute approximate surface area is 126 Å². The molecule has 114 valence electrons. The van der Waals surface area contributed by atoms with Gasteiger partial charge in [0.05, 0.1) is 17.4 Å². The molecule has 5 nitrogen and oxygen atoms in total. The highest BCUT2D eigenvalue weighted by Crippen LogP contribution is 2.27. The Hall–Kier alpha value is -1.42. The van der Waals surface area contributed by atoms with E-state index in [0.717, 1.165) is 19.3 Å². The van der Waals surface area contributed by atoms with Crippen molar-refractivity contribution in [3.8, 4) is 6.07 Å². The van der Waals surface area contributed by atoms with E-state index in [4.69, 9.17) is 11.0 Å². The molecule has 2 atom stereocenters. The molecule has 1 saturated heterocycles. The number of nitrogens with zero attached hydrogens (tertiary/aromatic N) is 2. The highest BCUT2D eigenvalue weighted by Gasteiger charge is 2.36. The number of rotatable bonds is 4. The third kappa shape index (κ3) is 3.62. The van der Waals surface area contributed by atoms with E-state index >= 15 is 0 Å². The Balaban J connectivity index is 2.26. The predicted molar refractivity (Wildman–Crippen MR) is 81.8 cm³/mol. The Kier molecular flexibility index (Phi) is 4.99. The summed E-state index contributed by atoms with van der Waals surface area (Å²) in [6, 6.07) is 8.65. The Morgan fingerprint density at radius 2 is 2.19 bits per heavy atom. The van der Waals surface area contributed by atoms with Gasteiger partial charge in [-0.3, -0.25) is 0 Å². The molecule has 1 heterocycles. The zero-order chi connectivity index (χ0) is 15.5. The number of sulfonamides is 1. The van der Waals surface area contributed by atoms with Gasteiger partial charge in [-0.15, -0.1) is 0 Å². The molecule has 0 bridgehead atoms. The van der Waals surface area contributed by atoms with E-state index in [1.807, 2.05) is 13.0 Å². The van der Waals surface area contributed by atoms with Gasteiger partial charge in [0.2, 0.25) is 10.0 Å². The van der Waals surface area contributed by atoms with Crippen LogP contribution in [0.4, 0.5) is 0 Å². The van der Waals surface area contributed by atoms with Gasteiger partial charge in [-0.1, -0.05) is 18.6 Å². The van der Waals surface area contributed by atoms with Crippen molar-refractivity contribution < 1.29 is 8.42 Å². The van der Waals surface area contributed by atoms with Gasteiger partial charge in [0.25, 0.3) is 0 Å². The average Bonchev–Trinajstić information content (AvgIpc) is 2.46. The van der Waals surface area contributed by atoms with Crippen molar-refractivity contribution in [2.24, 2.45) is 5.73 Å². The molecule has 0 spiro atoms. The van der Waals surface area contributed by atoms with E-state index in [1.165, 1.54) is 0 Å². The van der Waals surface area contributed by atoms with E-state index in [2.05, 4.69) is 0 Å². The molecule has 1 aromatic rings. The highest BCUT2D eigenvalue weighted by molar-refractivity contribution is 7.88. The molecule has 2 unspecified atom stereocenters. The summed E-state index contributed by atoms with van der Waals surface area (Å²) in [5.41, 5.74) is 6.86. The topological polar surface area (TPSA) is 87.2 Å². The fourth-order valence-corrected chi connectivity index (χ4v) is 5.05. The van der Waals surface area contributed by atoms with Gasteiger partial charge in [-0.05, 0) is 37.5 Å². The minimum atomic E-state index is -3.43. The normalized spacial score (nSPS) is 23.7. The second-order valence-electron chi connectivity index (χ2n) is 5.57. The third-order valence-corrected chi connectivity index (χ3v) is 5.95. The Morgan fingerprint density at radius 1 is 1.43 bits per heavy atom. The van der Waals surface area contributed by atoms with Gasteiger partial charge < -0.3 is 5.73 Å². The Morgan fingerprint density at radius 3 is 2.86 bits per heavy atom. The van der Waals surface area contributed by atoms with Crippen molar-refractivity contribution in [2.75, 3.05) is 6.54 Å². The standard InChI is InChI=1S/C15H21N3O2S/c1-12-4-2-7-15(10-17)18(12)21(19,20)11-14-6-3-5-13(8-14)9-16/h3,5-6,8,12,15H,2,4,7,10-11,17H2,1H3. The van der Waals surface area contributed by atoms with Crippen LogP contribution in [0.25, 0.3) is 0 Å². The average molecular weight is 307 g/mol. The summed E-state index contributed by atoms with van der Waals surface area (Å²) in [6.45, 7) is 2.28. The molecule has 1 aliphatic rings. The maximum atomic E-state index is 12.7. The van der Waals surface area contributed by atoms with Crippen LogP contribution in [-0.2, 0) is 15.8 Å².